The molecule has 0 saturated heterocycles. The van der Waals surface area contributed by atoms with Gasteiger partial charge in [0.2, 0.25) is 0 Å². The Bertz CT molecular complexity index is 765. The van der Waals surface area contributed by atoms with Crippen LogP contribution in [-0.4, -0.2) is 31.3 Å². The quantitative estimate of drug-likeness (QED) is 0.518. The molecule has 3 aromatic rings. The van der Waals surface area contributed by atoms with Crippen molar-refractivity contribution in [2.75, 3.05) is 31.7 Å². The van der Waals surface area contributed by atoms with Gasteiger partial charge in [-0.3, -0.25) is 4.98 Å². The summed E-state index contributed by atoms with van der Waals surface area (Å²) in [6.45, 7) is 2.99. The smallest absolute Gasteiger partial charge is 0.120 e. The summed E-state index contributed by atoms with van der Waals surface area (Å²) in [4.78, 5) is 3.98. The lowest BCUT2D eigenvalue weighted by molar-refractivity contribution is 0.107. The summed E-state index contributed by atoms with van der Waals surface area (Å²) in [6, 6.07) is 21.6. The molecular weight excluding hydrogens is 340 g/mol. The third-order valence-electron chi connectivity index (χ3n) is 3.82. The molecule has 0 amide bonds. The summed E-state index contributed by atoms with van der Waals surface area (Å²) in [5.74, 6) is 1.63. The minimum atomic E-state index is 0.513. The van der Waals surface area contributed by atoms with Crippen molar-refractivity contribution in [2.45, 2.75) is 6.61 Å². The van der Waals surface area contributed by atoms with Crippen molar-refractivity contribution in [2.24, 2.45) is 0 Å². The van der Waals surface area contributed by atoms with Gasteiger partial charge in [0.05, 0.1) is 13.2 Å². The van der Waals surface area contributed by atoms with E-state index in [2.05, 4.69) is 10.3 Å². The van der Waals surface area contributed by atoms with Gasteiger partial charge in [-0.15, -0.1) is 0 Å². The maximum Gasteiger partial charge on any atom is 0.120 e. The van der Waals surface area contributed by atoms with Crippen molar-refractivity contribution >= 4 is 5.69 Å². The summed E-state index contributed by atoms with van der Waals surface area (Å²) in [5.41, 5.74) is 2.19. The molecular formula is C22H24N2O3. The molecule has 5 nitrogen and oxygen atoms in total. The van der Waals surface area contributed by atoms with E-state index in [0.717, 1.165) is 29.3 Å². The van der Waals surface area contributed by atoms with Crippen molar-refractivity contribution in [1.82, 2.24) is 4.98 Å². The SMILES string of the molecule is c1ccc(COc2ccc(OCCOCCNc3ccncc3)cc2)cc1. The molecule has 1 heterocycles. The Morgan fingerprint density at radius 2 is 1.41 bits per heavy atom. The zero-order chi connectivity index (χ0) is 18.6. The van der Waals surface area contributed by atoms with E-state index in [1.54, 1.807) is 12.4 Å². The molecule has 1 aromatic heterocycles. The number of nitrogens with zero attached hydrogens (tertiary/aromatic N) is 1. The highest BCUT2D eigenvalue weighted by Gasteiger charge is 1.98. The van der Waals surface area contributed by atoms with Gasteiger partial charge in [0.25, 0.3) is 0 Å². The molecule has 1 N–H and O–H groups in total. The molecule has 0 atom stereocenters. The van der Waals surface area contributed by atoms with Crippen LogP contribution in [0.3, 0.4) is 0 Å². The lowest BCUT2D eigenvalue weighted by atomic mass is 10.2. The highest BCUT2D eigenvalue weighted by Crippen LogP contribution is 2.18. The van der Waals surface area contributed by atoms with Crippen LogP contribution in [0.15, 0.2) is 79.1 Å². The van der Waals surface area contributed by atoms with Crippen LogP contribution in [0.1, 0.15) is 5.56 Å². The van der Waals surface area contributed by atoms with Crippen molar-refractivity contribution in [3.63, 3.8) is 0 Å². The van der Waals surface area contributed by atoms with Gasteiger partial charge in [0.1, 0.15) is 24.7 Å². The van der Waals surface area contributed by atoms with Gasteiger partial charge in [0.15, 0.2) is 0 Å². The van der Waals surface area contributed by atoms with Crippen LogP contribution in [-0.2, 0) is 11.3 Å². The van der Waals surface area contributed by atoms with Crippen molar-refractivity contribution in [3.05, 3.63) is 84.7 Å². The molecule has 0 fully saturated rings. The molecule has 0 aliphatic carbocycles. The number of anilines is 1. The van der Waals surface area contributed by atoms with E-state index in [0.29, 0.717) is 26.4 Å². The lowest BCUT2D eigenvalue weighted by Crippen LogP contribution is -2.13. The molecule has 0 spiro atoms. The Kier molecular flexibility index (Phi) is 7.52. The van der Waals surface area contributed by atoms with Gasteiger partial charge in [-0.1, -0.05) is 30.3 Å². The molecule has 3 rings (SSSR count). The van der Waals surface area contributed by atoms with Gasteiger partial charge in [-0.05, 0) is 42.0 Å². The molecule has 0 aliphatic rings. The third kappa shape index (κ3) is 6.99. The average Bonchev–Trinajstić information content (AvgIpc) is 2.74. The number of pyridine rings is 1. The second-order valence-electron chi connectivity index (χ2n) is 5.87. The van der Waals surface area contributed by atoms with Gasteiger partial charge < -0.3 is 19.5 Å². The number of nitrogens with one attached hydrogen (secondary N) is 1. The van der Waals surface area contributed by atoms with Crippen molar-refractivity contribution in [1.29, 1.82) is 0 Å². The summed E-state index contributed by atoms with van der Waals surface area (Å²) in [5, 5.41) is 3.26. The van der Waals surface area contributed by atoms with E-state index in [1.807, 2.05) is 66.7 Å². The zero-order valence-corrected chi connectivity index (χ0v) is 15.2. The Morgan fingerprint density at radius 1 is 0.704 bits per heavy atom. The first-order chi connectivity index (χ1) is 13.4. The van der Waals surface area contributed by atoms with Gasteiger partial charge in [-0.25, -0.2) is 0 Å². The molecule has 5 heteroatoms. The second-order valence-corrected chi connectivity index (χ2v) is 5.87. The average molecular weight is 364 g/mol. The maximum absolute atomic E-state index is 5.76. The molecule has 0 unspecified atom stereocenters. The second kappa shape index (κ2) is 10.8. The lowest BCUT2D eigenvalue weighted by Gasteiger charge is -2.10. The first-order valence-corrected chi connectivity index (χ1v) is 9.01. The van der Waals surface area contributed by atoms with Crippen LogP contribution in [0.2, 0.25) is 0 Å². The summed E-state index contributed by atoms with van der Waals surface area (Å²) >= 11 is 0. The molecule has 27 heavy (non-hydrogen) atoms. The minimum absolute atomic E-state index is 0.513. The molecule has 0 radical (unpaired) electrons. The third-order valence-corrected chi connectivity index (χ3v) is 3.82. The van der Waals surface area contributed by atoms with Crippen LogP contribution in [0.25, 0.3) is 0 Å². The number of rotatable bonds is 11. The maximum atomic E-state index is 5.76. The topological polar surface area (TPSA) is 52.6 Å². The standard InChI is InChI=1S/C22H24N2O3/c1-2-4-19(5-3-1)18-27-22-8-6-21(7-9-22)26-17-16-25-15-14-24-20-10-12-23-13-11-20/h1-13H,14-18H2,(H,23,24). The number of hydrogen-bond acceptors (Lipinski definition) is 5. The number of benzene rings is 2. The van der Waals surface area contributed by atoms with E-state index in [-0.39, 0.29) is 0 Å². The van der Waals surface area contributed by atoms with E-state index >= 15 is 0 Å². The van der Waals surface area contributed by atoms with E-state index < -0.39 is 0 Å². The largest absolute Gasteiger partial charge is 0.491 e. The normalized spacial score (nSPS) is 10.4. The van der Waals surface area contributed by atoms with Crippen LogP contribution in [0.4, 0.5) is 5.69 Å². The van der Waals surface area contributed by atoms with Crippen LogP contribution in [0, 0.1) is 0 Å². The molecule has 2 aromatic carbocycles. The predicted octanol–water partition coefficient (Wildman–Crippen LogP) is 4.17. The van der Waals surface area contributed by atoms with Gasteiger partial charge in [-0.2, -0.15) is 0 Å². The van der Waals surface area contributed by atoms with Crippen LogP contribution in [0.5, 0.6) is 11.5 Å². The van der Waals surface area contributed by atoms with Gasteiger partial charge in [0, 0.05) is 24.6 Å². The molecule has 0 aliphatic heterocycles. The summed E-state index contributed by atoms with van der Waals surface area (Å²) in [7, 11) is 0. The molecule has 0 saturated carbocycles. The van der Waals surface area contributed by atoms with E-state index in [4.69, 9.17) is 14.2 Å². The Morgan fingerprint density at radius 3 is 2.15 bits per heavy atom. The summed E-state index contributed by atoms with van der Waals surface area (Å²) < 4.78 is 17.0. The first kappa shape index (κ1) is 18.7. The Balaban J connectivity index is 1.26. The monoisotopic (exact) mass is 364 g/mol. The number of ether oxygens (including phenoxy) is 3. The molecule has 0 bridgehead atoms. The van der Waals surface area contributed by atoms with Crippen molar-refractivity contribution in [3.8, 4) is 11.5 Å². The Labute approximate surface area is 159 Å². The van der Waals surface area contributed by atoms with Crippen LogP contribution < -0.4 is 14.8 Å². The predicted molar refractivity (Wildman–Crippen MR) is 106 cm³/mol. The highest BCUT2D eigenvalue weighted by molar-refractivity contribution is 5.40. The fraction of sp³-hybridized carbons (Fsp3) is 0.227. The first-order valence-electron chi connectivity index (χ1n) is 9.01. The van der Waals surface area contributed by atoms with Crippen LogP contribution >= 0.6 is 0 Å². The fourth-order valence-corrected chi connectivity index (χ4v) is 2.43. The summed E-state index contributed by atoms with van der Waals surface area (Å²) in [6.07, 6.45) is 3.52. The minimum Gasteiger partial charge on any atom is -0.491 e. The van der Waals surface area contributed by atoms with Gasteiger partial charge >= 0.3 is 0 Å². The van der Waals surface area contributed by atoms with E-state index in [9.17, 15) is 0 Å². The van der Waals surface area contributed by atoms with E-state index in [1.165, 1.54) is 0 Å². The zero-order valence-electron chi connectivity index (χ0n) is 15.2. The van der Waals surface area contributed by atoms with Crippen molar-refractivity contribution < 1.29 is 14.2 Å². The molecule has 140 valence electrons. The number of hydrogen-bond donors (Lipinski definition) is 1. The highest BCUT2D eigenvalue weighted by atomic mass is 16.5. The Hall–Kier alpha value is -3.05. The fourth-order valence-electron chi connectivity index (χ4n) is 2.43. The number of aromatic nitrogens is 1.